The maximum Gasteiger partial charge on any atom is 0.196 e. The number of carbonyl (C=O) groups excluding carboxylic acids is 1. The first kappa shape index (κ1) is 18.5. The third kappa shape index (κ3) is 3.91. The zero-order valence-electron chi connectivity index (χ0n) is 14.2. The summed E-state index contributed by atoms with van der Waals surface area (Å²) >= 11 is 4.72. The molecule has 0 fully saturated rings. The first-order valence-electron chi connectivity index (χ1n) is 7.67. The Morgan fingerprint density at radius 3 is 2.65 bits per heavy atom. The Hall–Kier alpha value is -2.32. The lowest BCUT2D eigenvalue weighted by Gasteiger charge is -2.10. The lowest BCUT2D eigenvalue weighted by Crippen LogP contribution is -2.05. The van der Waals surface area contributed by atoms with Crippen molar-refractivity contribution in [3.8, 4) is 17.2 Å². The van der Waals surface area contributed by atoms with Crippen molar-refractivity contribution >= 4 is 33.5 Å². The summed E-state index contributed by atoms with van der Waals surface area (Å²) in [6, 6.07) is 12.8. The van der Waals surface area contributed by atoms with Gasteiger partial charge in [0.2, 0.25) is 0 Å². The molecule has 0 radical (unpaired) electrons. The number of hydrogen-bond donors (Lipinski definition) is 0. The van der Waals surface area contributed by atoms with Crippen LogP contribution < -0.4 is 9.47 Å². The molecule has 26 heavy (non-hydrogen) atoms. The molecule has 0 saturated carbocycles. The summed E-state index contributed by atoms with van der Waals surface area (Å²) in [5.74, 6) is 1.63. The summed E-state index contributed by atoms with van der Waals surface area (Å²) < 4.78 is 13.1. The molecule has 3 rings (SSSR count). The highest BCUT2D eigenvalue weighted by molar-refractivity contribution is 9.10. The van der Waals surface area contributed by atoms with Crippen LogP contribution in [-0.4, -0.2) is 40.5 Å². The van der Waals surface area contributed by atoms with E-state index >= 15 is 0 Å². The predicted octanol–water partition coefficient (Wildman–Crippen LogP) is 4.02. The molecule has 6 nitrogen and oxygen atoms in total. The van der Waals surface area contributed by atoms with E-state index in [0.29, 0.717) is 22.2 Å². The summed E-state index contributed by atoms with van der Waals surface area (Å²) in [7, 11) is 3.20. The van der Waals surface area contributed by atoms with E-state index in [0.717, 1.165) is 10.2 Å². The van der Waals surface area contributed by atoms with Crippen LogP contribution in [0.3, 0.4) is 0 Å². The summed E-state index contributed by atoms with van der Waals surface area (Å²) in [4.78, 5) is 12.5. The van der Waals surface area contributed by atoms with Gasteiger partial charge in [0.15, 0.2) is 10.9 Å². The Morgan fingerprint density at radius 2 is 1.92 bits per heavy atom. The standard InChI is InChI=1S/C18H16BrN3O3S/c1-24-16-8-7-12(9-13(16)19)15(23)10-26-18-21-20-11-22(18)14-5-3-4-6-17(14)25-2/h3-9,11H,10H2,1-2H3. The highest BCUT2D eigenvalue weighted by Gasteiger charge is 2.15. The number of rotatable bonds is 7. The van der Waals surface area contributed by atoms with Crippen LogP contribution in [0.1, 0.15) is 10.4 Å². The van der Waals surface area contributed by atoms with E-state index in [1.165, 1.54) is 11.8 Å². The second kappa shape index (κ2) is 8.37. The largest absolute Gasteiger partial charge is 0.496 e. The fourth-order valence-corrected chi connectivity index (χ4v) is 3.73. The van der Waals surface area contributed by atoms with Crippen LogP contribution in [0.2, 0.25) is 0 Å². The van der Waals surface area contributed by atoms with Gasteiger partial charge in [-0.15, -0.1) is 10.2 Å². The van der Waals surface area contributed by atoms with E-state index in [1.807, 2.05) is 24.3 Å². The van der Waals surface area contributed by atoms with Gasteiger partial charge in [-0.25, -0.2) is 0 Å². The molecule has 0 unspecified atom stereocenters. The van der Waals surface area contributed by atoms with Gasteiger partial charge in [-0.05, 0) is 46.3 Å². The number of ketones is 1. The maximum absolute atomic E-state index is 12.5. The zero-order chi connectivity index (χ0) is 18.5. The number of para-hydroxylation sites is 2. The second-order valence-corrected chi connectivity index (χ2v) is 7.01. The van der Waals surface area contributed by atoms with Crippen LogP contribution in [0.4, 0.5) is 0 Å². The number of hydrogen-bond acceptors (Lipinski definition) is 6. The smallest absolute Gasteiger partial charge is 0.196 e. The van der Waals surface area contributed by atoms with Gasteiger partial charge in [0.1, 0.15) is 17.8 Å². The fourth-order valence-electron chi connectivity index (χ4n) is 2.37. The molecule has 1 aromatic heterocycles. The molecule has 1 heterocycles. The fraction of sp³-hybridized carbons (Fsp3) is 0.167. The first-order valence-corrected chi connectivity index (χ1v) is 9.45. The first-order chi connectivity index (χ1) is 12.6. The van der Waals surface area contributed by atoms with Gasteiger partial charge in [0.05, 0.1) is 30.1 Å². The lowest BCUT2D eigenvalue weighted by atomic mass is 10.1. The van der Waals surface area contributed by atoms with Crippen LogP contribution in [0.25, 0.3) is 5.69 Å². The third-order valence-corrected chi connectivity index (χ3v) is 5.23. The normalized spacial score (nSPS) is 10.6. The number of nitrogens with zero attached hydrogens (tertiary/aromatic N) is 3. The zero-order valence-corrected chi connectivity index (χ0v) is 16.6. The van der Waals surface area contributed by atoms with E-state index in [9.17, 15) is 4.79 Å². The molecule has 0 spiro atoms. The molecule has 0 amide bonds. The number of methoxy groups -OCH3 is 2. The Kier molecular flexibility index (Phi) is 5.95. The second-order valence-electron chi connectivity index (χ2n) is 5.22. The topological polar surface area (TPSA) is 66.2 Å². The van der Waals surface area contributed by atoms with Crippen molar-refractivity contribution in [2.45, 2.75) is 5.16 Å². The molecular formula is C18H16BrN3O3S. The van der Waals surface area contributed by atoms with Crippen molar-refractivity contribution in [2.75, 3.05) is 20.0 Å². The van der Waals surface area contributed by atoms with Gasteiger partial charge in [-0.3, -0.25) is 9.36 Å². The van der Waals surface area contributed by atoms with Gasteiger partial charge in [0.25, 0.3) is 0 Å². The highest BCUT2D eigenvalue weighted by Crippen LogP contribution is 2.28. The Bertz CT molecular complexity index is 930. The average Bonchev–Trinajstić information content (AvgIpc) is 3.14. The average molecular weight is 434 g/mol. The maximum atomic E-state index is 12.5. The number of halogens is 1. The molecule has 0 aliphatic carbocycles. The number of aromatic nitrogens is 3. The van der Waals surface area contributed by atoms with Crippen molar-refractivity contribution in [1.29, 1.82) is 0 Å². The number of carbonyl (C=O) groups is 1. The van der Waals surface area contributed by atoms with Gasteiger partial charge < -0.3 is 9.47 Å². The molecule has 134 valence electrons. The number of thioether (sulfide) groups is 1. The Balaban J connectivity index is 1.76. The third-order valence-electron chi connectivity index (χ3n) is 3.67. The van der Waals surface area contributed by atoms with Gasteiger partial charge >= 0.3 is 0 Å². The quantitative estimate of drug-likeness (QED) is 0.414. The molecule has 0 aliphatic heterocycles. The summed E-state index contributed by atoms with van der Waals surface area (Å²) in [5.41, 5.74) is 1.43. The minimum Gasteiger partial charge on any atom is -0.496 e. The van der Waals surface area contributed by atoms with E-state index in [2.05, 4.69) is 26.1 Å². The molecule has 0 saturated heterocycles. The summed E-state index contributed by atoms with van der Waals surface area (Å²) in [6.07, 6.45) is 1.61. The van der Waals surface area contributed by atoms with Gasteiger partial charge in [-0.2, -0.15) is 0 Å². The molecular weight excluding hydrogens is 418 g/mol. The van der Waals surface area contributed by atoms with E-state index in [-0.39, 0.29) is 11.5 Å². The monoisotopic (exact) mass is 433 g/mol. The van der Waals surface area contributed by atoms with Crippen LogP contribution in [0.15, 0.2) is 58.4 Å². The van der Waals surface area contributed by atoms with Crippen molar-refractivity contribution < 1.29 is 14.3 Å². The van der Waals surface area contributed by atoms with Crippen LogP contribution in [0, 0.1) is 0 Å². The number of ether oxygens (including phenoxy) is 2. The molecule has 0 atom stereocenters. The molecule has 0 aliphatic rings. The summed E-state index contributed by atoms with van der Waals surface area (Å²) in [6.45, 7) is 0. The van der Waals surface area contributed by atoms with Crippen molar-refractivity contribution in [1.82, 2.24) is 14.8 Å². The molecule has 0 bridgehead atoms. The SMILES string of the molecule is COc1ccc(C(=O)CSc2nncn2-c2ccccc2OC)cc1Br. The van der Waals surface area contributed by atoms with Crippen LogP contribution in [-0.2, 0) is 0 Å². The van der Waals surface area contributed by atoms with Crippen molar-refractivity contribution in [3.05, 3.63) is 58.8 Å². The number of benzene rings is 2. The van der Waals surface area contributed by atoms with Crippen LogP contribution >= 0.6 is 27.7 Å². The minimum atomic E-state index is -0.00655. The predicted molar refractivity (Wildman–Crippen MR) is 104 cm³/mol. The molecule has 8 heteroatoms. The molecule has 3 aromatic rings. The van der Waals surface area contributed by atoms with Gasteiger partial charge in [-0.1, -0.05) is 23.9 Å². The number of Topliss-reactive ketones (excluding diaryl/α,β-unsaturated/α-hetero) is 1. The van der Waals surface area contributed by atoms with Crippen LogP contribution in [0.5, 0.6) is 11.5 Å². The van der Waals surface area contributed by atoms with Gasteiger partial charge in [0, 0.05) is 5.56 Å². The van der Waals surface area contributed by atoms with E-state index in [4.69, 9.17) is 9.47 Å². The molecule has 2 aromatic carbocycles. The van der Waals surface area contributed by atoms with Crippen molar-refractivity contribution in [2.24, 2.45) is 0 Å². The van der Waals surface area contributed by atoms with E-state index < -0.39 is 0 Å². The Morgan fingerprint density at radius 1 is 1.15 bits per heavy atom. The minimum absolute atomic E-state index is 0.00655. The Labute approximate surface area is 163 Å². The van der Waals surface area contributed by atoms with Crippen molar-refractivity contribution in [3.63, 3.8) is 0 Å². The highest BCUT2D eigenvalue weighted by atomic mass is 79.9. The lowest BCUT2D eigenvalue weighted by molar-refractivity contribution is 0.102. The summed E-state index contributed by atoms with van der Waals surface area (Å²) in [5, 5.41) is 8.70. The van der Waals surface area contributed by atoms with E-state index in [1.54, 1.807) is 43.3 Å². The molecule has 0 N–H and O–H groups in total.